The largest absolute Gasteiger partial charge is 0.313 e. The van der Waals surface area contributed by atoms with Crippen LogP contribution in [0.2, 0.25) is 0 Å². The molecule has 0 aliphatic rings. The lowest BCUT2D eigenvalue weighted by Crippen LogP contribution is -2.14. The van der Waals surface area contributed by atoms with Crippen molar-refractivity contribution in [3.8, 4) is 11.3 Å². The highest BCUT2D eigenvalue weighted by atomic mass is 32.1. The first-order valence-corrected chi connectivity index (χ1v) is 8.06. The number of nitrogens with zero attached hydrogens (tertiary/aromatic N) is 4. The van der Waals surface area contributed by atoms with Crippen LogP contribution < -0.4 is 4.80 Å². The van der Waals surface area contributed by atoms with E-state index in [4.69, 9.17) is 0 Å². The number of hydrogen-bond donors (Lipinski definition) is 0. The van der Waals surface area contributed by atoms with Crippen molar-refractivity contribution in [2.45, 2.75) is 6.54 Å². The summed E-state index contributed by atoms with van der Waals surface area (Å²) in [5.41, 5.74) is 2.68. The molecule has 0 saturated carbocycles. The topological polar surface area (TPSA) is 73.3 Å². The summed E-state index contributed by atoms with van der Waals surface area (Å²) in [5.74, 6) is 0. The number of rotatable bonds is 5. The standard InChI is InChI=1S/C17H14N4O2S/c1-2-10-20-16(13-5-7-15(8-6-13)21(22)23)12-24-17(20)19-14-4-3-9-18-11-14/h2-9,11-12H,1,10H2. The van der Waals surface area contributed by atoms with E-state index in [0.717, 1.165) is 21.7 Å². The third-order valence-electron chi connectivity index (χ3n) is 3.35. The molecule has 0 radical (unpaired) electrons. The Labute approximate surface area is 142 Å². The molecule has 0 unspecified atom stereocenters. The van der Waals surface area contributed by atoms with Gasteiger partial charge >= 0.3 is 0 Å². The molecular weight excluding hydrogens is 324 g/mol. The van der Waals surface area contributed by atoms with Gasteiger partial charge in [-0.25, -0.2) is 4.99 Å². The van der Waals surface area contributed by atoms with Crippen LogP contribution in [0.3, 0.4) is 0 Å². The SMILES string of the molecule is C=CCn1c(-c2ccc([N+](=O)[O-])cc2)csc1=Nc1cccnc1. The Balaban J connectivity index is 2.07. The van der Waals surface area contributed by atoms with E-state index in [1.807, 2.05) is 22.1 Å². The summed E-state index contributed by atoms with van der Waals surface area (Å²) >= 11 is 1.50. The Morgan fingerprint density at radius 2 is 2.12 bits per heavy atom. The van der Waals surface area contributed by atoms with Crippen LogP contribution in [-0.4, -0.2) is 14.5 Å². The minimum atomic E-state index is -0.404. The maximum atomic E-state index is 10.8. The van der Waals surface area contributed by atoms with Gasteiger partial charge in [0.1, 0.15) is 0 Å². The molecule has 2 aromatic heterocycles. The molecule has 120 valence electrons. The Bertz CT molecular complexity index is 927. The summed E-state index contributed by atoms with van der Waals surface area (Å²) in [5, 5.41) is 12.8. The van der Waals surface area contributed by atoms with E-state index < -0.39 is 4.92 Å². The highest BCUT2D eigenvalue weighted by Crippen LogP contribution is 2.23. The van der Waals surface area contributed by atoms with Crippen molar-refractivity contribution in [3.05, 3.63) is 81.7 Å². The summed E-state index contributed by atoms with van der Waals surface area (Å²) in [6.45, 7) is 4.39. The average molecular weight is 338 g/mol. The van der Waals surface area contributed by atoms with E-state index in [1.165, 1.54) is 23.5 Å². The first-order chi connectivity index (χ1) is 11.7. The van der Waals surface area contributed by atoms with Crippen LogP contribution in [0.1, 0.15) is 0 Å². The maximum Gasteiger partial charge on any atom is 0.269 e. The Morgan fingerprint density at radius 1 is 1.33 bits per heavy atom. The predicted octanol–water partition coefficient (Wildman–Crippen LogP) is 3.94. The van der Waals surface area contributed by atoms with Crippen molar-refractivity contribution in [1.29, 1.82) is 0 Å². The number of nitro groups is 1. The molecule has 0 aliphatic heterocycles. The number of allylic oxidation sites excluding steroid dienone is 1. The normalized spacial score (nSPS) is 11.4. The summed E-state index contributed by atoms with van der Waals surface area (Å²) in [7, 11) is 0. The molecule has 0 aliphatic carbocycles. The molecule has 3 aromatic rings. The fourth-order valence-corrected chi connectivity index (χ4v) is 3.18. The first kappa shape index (κ1) is 15.8. The second-order valence-electron chi connectivity index (χ2n) is 4.93. The van der Waals surface area contributed by atoms with E-state index in [9.17, 15) is 10.1 Å². The van der Waals surface area contributed by atoms with Crippen LogP contribution in [0.4, 0.5) is 11.4 Å². The fourth-order valence-electron chi connectivity index (χ4n) is 2.24. The average Bonchev–Trinajstić information content (AvgIpc) is 2.99. The number of hydrogen-bond acceptors (Lipinski definition) is 5. The van der Waals surface area contributed by atoms with Crippen LogP contribution in [-0.2, 0) is 6.54 Å². The van der Waals surface area contributed by atoms with Crippen LogP contribution in [0.5, 0.6) is 0 Å². The highest BCUT2D eigenvalue weighted by molar-refractivity contribution is 7.07. The van der Waals surface area contributed by atoms with Gasteiger partial charge in [0.25, 0.3) is 5.69 Å². The van der Waals surface area contributed by atoms with Crippen molar-refractivity contribution in [2.75, 3.05) is 0 Å². The predicted molar refractivity (Wildman–Crippen MR) is 94.1 cm³/mol. The smallest absolute Gasteiger partial charge is 0.269 e. The Morgan fingerprint density at radius 3 is 2.75 bits per heavy atom. The Hall–Kier alpha value is -3.06. The lowest BCUT2D eigenvalue weighted by Gasteiger charge is -2.06. The van der Waals surface area contributed by atoms with Crippen LogP contribution in [0.15, 0.2) is 71.8 Å². The lowest BCUT2D eigenvalue weighted by atomic mass is 10.1. The van der Waals surface area contributed by atoms with Gasteiger partial charge in [-0.3, -0.25) is 15.1 Å². The van der Waals surface area contributed by atoms with Crippen LogP contribution in [0.25, 0.3) is 11.3 Å². The van der Waals surface area contributed by atoms with Gasteiger partial charge in [0.2, 0.25) is 0 Å². The molecule has 0 amide bonds. The molecule has 24 heavy (non-hydrogen) atoms. The van der Waals surface area contributed by atoms with Crippen LogP contribution >= 0.6 is 11.3 Å². The third kappa shape index (κ3) is 3.31. The lowest BCUT2D eigenvalue weighted by molar-refractivity contribution is -0.384. The van der Waals surface area contributed by atoms with Gasteiger partial charge in [0, 0.05) is 30.3 Å². The monoisotopic (exact) mass is 338 g/mol. The summed E-state index contributed by atoms with van der Waals surface area (Å²) < 4.78 is 2.02. The first-order valence-electron chi connectivity index (χ1n) is 7.18. The number of aromatic nitrogens is 2. The van der Waals surface area contributed by atoms with E-state index in [-0.39, 0.29) is 5.69 Å². The molecule has 6 nitrogen and oxygen atoms in total. The van der Waals surface area contributed by atoms with Gasteiger partial charge < -0.3 is 4.57 Å². The molecule has 7 heteroatoms. The Kier molecular flexibility index (Phi) is 4.62. The van der Waals surface area contributed by atoms with E-state index in [1.54, 1.807) is 30.6 Å². The van der Waals surface area contributed by atoms with Crippen molar-refractivity contribution >= 4 is 22.7 Å². The highest BCUT2D eigenvalue weighted by Gasteiger charge is 2.10. The molecule has 2 heterocycles. The van der Waals surface area contributed by atoms with Gasteiger partial charge in [-0.15, -0.1) is 17.9 Å². The fraction of sp³-hybridized carbons (Fsp3) is 0.0588. The second kappa shape index (κ2) is 7.01. The van der Waals surface area contributed by atoms with Crippen molar-refractivity contribution in [1.82, 2.24) is 9.55 Å². The maximum absolute atomic E-state index is 10.8. The minimum Gasteiger partial charge on any atom is -0.313 e. The van der Waals surface area contributed by atoms with Crippen molar-refractivity contribution in [3.63, 3.8) is 0 Å². The molecule has 3 rings (SSSR count). The zero-order valence-corrected chi connectivity index (χ0v) is 13.5. The zero-order chi connectivity index (χ0) is 16.9. The summed E-state index contributed by atoms with van der Waals surface area (Å²) in [6, 6.07) is 10.2. The number of nitro benzene ring substituents is 1. The molecule has 0 N–H and O–H groups in total. The molecule has 0 atom stereocenters. The van der Waals surface area contributed by atoms with Gasteiger partial charge in [-0.1, -0.05) is 6.08 Å². The second-order valence-corrected chi connectivity index (χ2v) is 5.77. The minimum absolute atomic E-state index is 0.0736. The van der Waals surface area contributed by atoms with E-state index in [2.05, 4.69) is 16.6 Å². The van der Waals surface area contributed by atoms with E-state index in [0.29, 0.717) is 6.54 Å². The van der Waals surface area contributed by atoms with E-state index >= 15 is 0 Å². The van der Waals surface area contributed by atoms with Gasteiger partial charge in [-0.05, 0) is 29.8 Å². The zero-order valence-electron chi connectivity index (χ0n) is 12.7. The number of non-ortho nitro benzene ring substituents is 1. The third-order valence-corrected chi connectivity index (χ3v) is 4.22. The number of thiazole rings is 1. The van der Waals surface area contributed by atoms with Gasteiger partial charge in [0.05, 0.1) is 22.5 Å². The molecular formula is C17H14N4O2S. The van der Waals surface area contributed by atoms with Crippen LogP contribution in [0, 0.1) is 10.1 Å². The quantitative estimate of drug-likeness (QED) is 0.402. The van der Waals surface area contributed by atoms with Gasteiger partial charge in [0.15, 0.2) is 4.80 Å². The molecule has 0 saturated heterocycles. The number of benzene rings is 1. The van der Waals surface area contributed by atoms with Crippen molar-refractivity contribution < 1.29 is 4.92 Å². The van der Waals surface area contributed by atoms with Gasteiger partial charge in [-0.2, -0.15) is 0 Å². The van der Waals surface area contributed by atoms with Crippen molar-refractivity contribution in [2.24, 2.45) is 4.99 Å². The molecule has 0 fully saturated rings. The molecule has 1 aromatic carbocycles. The molecule has 0 bridgehead atoms. The molecule has 0 spiro atoms. The number of pyridine rings is 1. The summed E-state index contributed by atoms with van der Waals surface area (Å²) in [4.78, 5) is 19.9. The summed E-state index contributed by atoms with van der Waals surface area (Å²) in [6.07, 6.45) is 5.20.